The molecule has 0 radical (unpaired) electrons. The summed E-state index contributed by atoms with van der Waals surface area (Å²) in [5.74, 6) is -0.307. The van der Waals surface area contributed by atoms with E-state index in [-0.39, 0.29) is 11.4 Å². The van der Waals surface area contributed by atoms with Gasteiger partial charge in [0.05, 0.1) is 5.56 Å². The first-order valence-corrected chi connectivity index (χ1v) is 7.81. The predicted octanol–water partition coefficient (Wildman–Crippen LogP) is 3.26. The van der Waals surface area contributed by atoms with Crippen molar-refractivity contribution >= 4 is 11.8 Å². The second-order valence-electron chi connectivity index (χ2n) is 5.71. The topological polar surface area (TPSA) is 73.9 Å². The molecule has 5 nitrogen and oxygen atoms in total. The number of rotatable bonds is 3. The maximum absolute atomic E-state index is 12.5. The molecule has 1 atom stereocenters. The molecule has 1 aliphatic rings. The molecule has 1 heterocycles. The molecular weight excluding hydrogens is 349 g/mol. The summed E-state index contributed by atoms with van der Waals surface area (Å²) >= 11 is 0. The van der Waals surface area contributed by atoms with Crippen LogP contribution >= 0.6 is 0 Å². The van der Waals surface area contributed by atoms with Gasteiger partial charge in [-0.15, -0.1) is 0 Å². The minimum Gasteiger partial charge on any atom is -0.478 e. The number of aryl methyl sites for hydroxylation is 1. The smallest absolute Gasteiger partial charge is 0.416 e. The first-order valence-electron chi connectivity index (χ1n) is 7.81. The average molecular weight is 364 g/mol. The number of hydrogen-bond donors (Lipinski definition) is 1. The van der Waals surface area contributed by atoms with Crippen LogP contribution in [-0.4, -0.2) is 17.9 Å². The highest BCUT2D eigenvalue weighted by Gasteiger charge is 2.30. The summed E-state index contributed by atoms with van der Waals surface area (Å²) in [6, 6.07) is 11.4. The molecule has 1 unspecified atom stereocenters. The number of para-hydroxylation sites is 1. The lowest BCUT2D eigenvalue weighted by molar-refractivity contribution is -0.152. The molecule has 1 aliphatic heterocycles. The van der Waals surface area contributed by atoms with Crippen LogP contribution in [0.4, 0.5) is 13.2 Å². The standard InChI is InChI=1S/C18H15F3N2O3/c19-18(20,21)13-8-5-12(6-9-13)16(22)23-26-17(24)15-10-7-11-3-1-2-4-14(11)25-15/h1-6,8-9,15H,7,10H2,(H2,22,23). The number of benzene rings is 2. The van der Waals surface area contributed by atoms with Gasteiger partial charge in [0.2, 0.25) is 0 Å². The largest absolute Gasteiger partial charge is 0.478 e. The third-order valence-electron chi connectivity index (χ3n) is 3.92. The van der Waals surface area contributed by atoms with Gasteiger partial charge in [-0.05, 0) is 36.6 Å². The number of amidine groups is 1. The Bertz CT molecular complexity index is 832. The lowest BCUT2D eigenvalue weighted by Crippen LogP contribution is -2.32. The number of fused-ring (bicyclic) bond motifs is 1. The van der Waals surface area contributed by atoms with Crippen molar-refractivity contribution in [3.8, 4) is 5.75 Å². The lowest BCUT2D eigenvalue weighted by atomic mass is 10.0. The van der Waals surface area contributed by atoms with Crippen LogP contribution in [0.2, 0.25) is 0 Å². The number of carbonyl (C=O) groups excluding carboxylic acids is 1. The minimum absolute atomic E-state index is 0.205. The monoisotopic (exact) mass is 364 g/mol. The zero-order valence-corrected chi connectivity index (χ0v) is 13.5. The maximum atomic E-state index is 12.5. The van der Waals surface area contributed by atoms with Crippen LogP contribution < -0.4 is 10.5 Å². The molecule has 8 heteroatoms. The molecule has 0 fully saturated rings. The van der Waals surface area contributed by atoms with Crippen molar-refractivity contribution in [1.29, 1.82) is 0 Å². The molecule has 0 bridgehead atoms. The van der Waals surface area contributed by atoms with Gasteiger partial charge in [-0.25, -0.2) is 4.79 Å². The number of carbonyl (C=O) groups is 1. The van der Waals surface area contributed by atoms with E-state index in [2.05, 4.69) is 5.16 Å². The molecule has 136 valence electrons. The molecule has 26 heavy (non-hydrogen) atoms. The molecule has 0 saturated heterocycles. The first kappa shape index (κ1) is 17.8. The van der Waals surface area contributed by atoms with Gasteiger partial charge in [0.25, 0.3) is 0 Å². The third-order valence-corrected chi connectivity index (χ3v) is 3.92. The molecule has 0 amide bonds. The van der Waals surface area contributed by atoms with Gasteiger partial charge in [0, 0.05) is 5.56 Å². The van der Waals surface area contributed by atoms with Crippen molar-refractivity contribution in [1.82, 2.24) is 0 Å². The minimum atomic E-state index is -4.44. The Morgan fingerprint density at radius 1 is 1.15 bits per heavy atom. The number of ether oxygens (including phenoxy) is 1. The zero-order chi connectivity index (χ0) is 18.7. The molecule has 3 rings (SSSR count). The highest BCUT2D eigenvalue weighted by molar-refractivity contribution is 5.97. The fourth-order valence-corrected chi connectivity index (χ4v) is 2.53. The first-order chi connectivity index (χ1) is 12.3. The highest BCUT2D eigenvalue weighted by Crippen LogP contribution is 2.29. The van der Waals surface area contributed by atoms with Crippen LogP contribution in [0.15, 0.2) is 53.7 Å². The summed E-state index contributed by atoms with van der Waals surface area (Å²) in [6.45, 7) is 0. The van der Waals surface area contributed by atoms with E-state index >= 15 is 0 Å². The van der Waals surface area contributed by atoms with Crippen LogP contribution in [-0.2, 0) is 22.2 Å². The van der Waals surface area contributed by atoms with E-state index in [1.165, 1.54) is 0 Å². The van der Waals surface area contributed by atoms with Crippen LogP contribution in [0.3, 0.4) is 0 Å². The van der Waals surface area contributed by atoms with Crippen LogP contribution in [0, 0.1) is 0 Å². The van der Waals surface area contributed by atoms with Gasteiger partial charge in [-0.3, -0.25) is 0 Å². The lowest BCUT2D eigenvalue weighted by Gasteiger charge is -2.23. The quantitative estimate of drug-likeness (QED) is 0.393. The van der Waals surface area contributed by atoms with Crippen LogP contribution in [0.25, 0.3) is 0 Å². The fourth-order valence-electron chi connectivity index (χ4n) is 2.53. The summed E-state index contributed by atoms with van der Waals surface area (Å²) in [4.78, 5) is 16.9. The normalized spacial score (nSPS) is 17.2. The average Bonchev–Trinajstić information content (AvgIpc) is 2.64. The summed E-state index contributed by atoms with van der Waals surface area (Å²) in [7, 11) is 0. The zero-order valence-electron chi connectivity index (χ0n) is 13.5. The highest BCUT2D eigenvalue weighted by atomic mass is 19.4. The number of nitrogens with two attached hydrogens (primary N) is 1. The fraction of sp³-hybridized carbons (Fsp3) is 0.222. The van der Waals surface area contributed by atoms with Crippen molar-refractivity contribution in [2.24, 2.45) is 10.9 Å². The second kappa shape index (κ2) is 7.07. The Hall–Kier alpha value is -3.03. The molecule has 0 spiro atoms. The van der Waals surface area contributed by atoms with E-state index in [9.17, 15) is 18.0 Å². The van der Waals surface area contributed by atoms with Crippen molar-refractivity contribution in [3.63, 3.8) is 0 Å². The number of nitrogens with zero attached hydrogens (tertiary/aromatic N) is 1. The predicted molar refractivity (Wildman–Crippen MR) is 87.4 cm³/mol. The summed E-state index contributed by atoms with van der Waals surface area (Å²) in [5, 5.41) is 3.50. The summed E-state index contributed by atoms with van der Waals surface area (Å²) < 4.78 is 43.2. The van der Waals surface area contributed by atoms with Gasteiger partial charge in [0.1, 0.15) is 5.75 Å². The van der Waals surface area contributed by atoms with Gasteiger partial charge in [0.15, 0.2) is 11.9 Å². The molecule has 2 N–H and O–H groups in total. The number of alkyl halides is 3. The van der Waals surface area contributed by atoms with Gasteiger partial charge < -0.3 is 15.3 Å². The number of halogens is 3. The van der Waals surface area contributed by atoms with E-state index < -0.39 is 23.8 Å². The molecule has 0 aliphatic carbocycles. The molecule has 0 aromatic heterocycles. The van der Waals surface area contributed by atoms with Crippen LogP contribution in [0.1, 0.15) is 23.1 Å². The molecular formula is C18H15F3N2O3. The van der Waals surface area contributed by atoms with E-state index in [0.717, 1.165) is 29.8 Å². The van der Waals surface area contributed by atoms with E-state index in [4.69, 9.17) is 15.3 Å². The Labute approximate surface area is 147 Å². The van der Waals surface area contributed by atoms with E-state index in [1.807, 2.05) is 12.1 Å². The molecule has 2 aromatic carbocycles. The number of hydrogen-bond acceptors (Lipinski definition) is 4. The molecule has 2 aromatic rings. The van der Waals surface area contributed by atoms with Crippen molar-refractivity contribution in [2.75, 3.05) is 0 Å². The molecule has 0 saturated carbocycles. The van der Waals surface area contributed by atoms with Crippen LogP contribution in [0.5, 0.6) is 5.75 Å². The number of oxime groups is 1. The van der Waals surface area contributed by atoms with Crippen molar-refractivity contribution in [2.45, 2.75) is 25.1 Å². The SMILES string of the molecule is NC(=NOC(=O)C1CCc2ccccc2O1)c1ccc(C(F)(F)F)cc1. The Balaban J connectivity index is 1.63. The Morgan fingerprint density at radius 3 is 2.54 bits per heavy atom. The summed E-state index contributed by atoms with van der Waals surface area (Å²) in [6.07, 6.45) is -4.15. The summed E-state index contributed by atoms with van der Waals surface area (Å²) in [5.41, 5.74) is 6.07. The Kier molecular flexibility index (Phi) is 4.83. The maximum Gasteiger partial charge on any atom is 0.416 e. The van der Waals surface area contributed by atoms with E-state index in [1.54, 1.807) is 12.1 Å². The third kappa shape index (κ3) is 3.96. The second-order valence-corrected chi connectivity index (χ2v) is 5.71. The van der Waals surface area contributed by atoms with Gasteiger partial charge in [-0.2, -0.15) is 13.2 Å². The van der Waals surface area contributed by atoms with Gasteiger partial charge in [-0.1, -0.05) is 35.5 Å². The Morgan fingerprint density at radius 2 is 1.85 bits per heavy atom. The van der Waals surface area contributed by atoms with Crippen molar-refractivity contribution < 1.29 is 27.5 Å². The van der Waals surface area contributed by atoms with E-state index in [0.29, 0.717) is 18.6 Å². The van der Waals surface area contributed by atoms with Gasteiger partial charge >= 0.3 is 12.1 Å². The van der Waals surface area contributed by atoms with Crippen molar-refractivity contribution in [3.05, 3.63) is 65.2 Å².